The van der Waals surface area contributed by atoms with Gasteiger partial charge in [0.25, 0.3) is 0 Å². The molecule has 1 heterocycles. The van der Waals surface area contributed by atoms with Gasteiger partial charge in [-0.15, -0.1) is 0 Å². The first-order valence-corrected chi connectivity index (χ1v) is 11.0. The standard InChI is InChI=1S/C27H29NO5/c1-30-23-11-7-8-12-24(23)33-18-22-21-17-26(32-3)25(31-2)16-20(21)13-14-28(22)27(29)15-19-9-5-4-6-10-19/h4-12,16-17,22H,13-15,18H2,1-3H3/t22-/m0/s1. The van der Waals surface area contributed by atoms with Crippen molar-refractivity contribution in [1.29, 1.82) is 0 Å². The molecule has 172 valence electrons. The fourth-order valence-corrected chi connectivity index (χ4v) is 4.29. The number of amides is 1. The second-order valence-corrected chi connectivity index (χ2v) is 7.88. The summed E-state index contributed by atoms with van der Waals surface area (Å²) >= 11 is 0. The van der Waals surface area contributed by atoms with E-state index in [0.717, 1.165) is 23.1 Å². The Labute approximate surface area is 194 Å². The van der Waals surface area contributed by atoms with Crippen molar-refractivity contribution in [2.24, 2.45) is 0 Å². The van der Waals surface area contributed by atoms with Gasteiger partial charge in [0.05, 0.1) is 33.8 Å². The smallest absolute Gasteiger partial charge is 0.227 e. The zero-order chi connectivity index (χ0) is 23.2. The van der Waals surface area contributed by atoms with Crippen LogP contribution in [0.2, 0.25) is 0 Å². The SMILES string of the molecule is COc1cc2c(cc1OC)[C@H](COc1ccccc1OC)N(C(=O)Cc1ccccc1)CC2. The summed E-state index contributed by atoms with van der Waals surface area (Å²) in [7, 11) is 4.86. The van der Waals surface area contributed by atoms with Crippen molar-refractivity contribution in [1.82, 2.24) is 4.90 Å². The third-order valence-electron chi connectivity index (χ3n) is 5.99. The van der Waals surface area contributed by atoms with Crippen molar-refractivity contribution < 1.29 is 23.7 Å². The molecule has 4 rings (SSSR count). The van der Waals surface area contributed by atoms with Crippen molar-refractivity contribution >= 4 is 5.91 Å². The Morgan fingerprint density at radius 1 is 0.848 bits per heavy atom. The molecule has 0 spiro atoms. The van der Waals surface area contributed by atoms with Crippen LogP contribution in [0.3, 0.4) is 0 Å². The normalized spacial score (nSPS) is 14.9. The van der Waals surface area contributed by atoms with E-state index >= 15 is 0 Å². The van der Waals surface area contributed by atoms with Crippen molar-refractivity contribution in [3.05, 3.63) is 83.4 Å². The fraction of sp³-hybridized carbons (Fsp3) is 0.296. The lowest BCUT2D eigenvalue weighted by Crippen LogP contribution is -2.43. The minimum atomic E-state index is -0.269. The van der Waals surface area contributed by atoms with Crippen LogP contribution in [-0.4, -0.2) is 45.3 Å². The van der Waals surface area contributed by atoms with E-state index < -0.39 is 0 Å². The molecule has 1 aliphatic rings. The quantitative estimate of drug-likeness (QED) is 0.510. The van der Waals surface area contributed by atoms with E-state index in [9.17, 15) is 4.79 Å². The van der Waals surface area contributed by atoms with Gasteiger partial charge in [0.2, 0.25) is 5.91 Å². The van der Waals surface area contributed by atoms with E-state index in [1.165, 1.54) is 0 Å². The molecule has 3 aromatic rings. The van der Waals surface area contributed by atoms with E-state index in [-0.39, 0.29) is 11.9 Å². The summed E-state index contributed by atoms with van der Waals surface area (Å²) in [5, 5.41) is 0. The number of hydrogen-bond acceptors (Lipinski definition) is 5. The molecule has 0 aromatic heterocycles. The molecular weight excluding hydrogens is 418 g/mol. The van der Waals surface area contributed by atoms with Crippen molar-refractivity contribution in [3.63, 3.8) is 0 Å². The maximum atomic E-state index is 13.4. The second-order valence-electron chi connectivity index (χ2n) is 7.88. The highest BCUT2D eigenvalue weighted by Gasteiger charge is 2.33. The Balaban J connectivity index is 1.66. The maximum Gasteiger partial charge on any atom is 0.227 e. The molecule has 0 saturated carbocycles. The lowest BCUT2D eigenvalue weighted by Gasteiger charge is -2.38. The summed E-state index contributed by atoms with van der Waals surface area (Å²) in [5.41, 5.74) is 3.13. The van der Waals surface area contributed by atoms with Crippen LogP contribution in [0.1, 0.15) is 22.7 Å². The number of rotatable bonds is 8. The molecule has 0 unspecified atom stereocenters. The summed E-state index contributed by atoms with van der Waals surface area (Å²) in [6, 6.07) is 21.0. The van der Waals surface area contributed by atoms with Gasteiger partial charge in [-0.05, 0) is 47.4 Å². The summed E-state index contributed by atoms with van der Waals surface area (Å²) in [6.45, 7) is 0.900. The van der Waals surface area contributed by atoms with Gasteiger partial charge in [-0.2, -0.15) is 0 Å². The molecule has 1 atom stereocenters. The fourth-order valence-electron chi connectivity index (χ4n) is 4.29. The zero-order valence-corrected chi connectivity index (χ0v) is 19.2. The van der Waals surface area contributed by atoms with Crippen molar-refractivity contribution in [3.8, 4) is 23.0 Å². The zero-order valence-electron chi connectivity index (χ0n) is 19.2. The molecule has 6 nitrogen and oxygen atoms in total. The number of ether oxygens (including phenoxy) is 4. The largest absolute Gasteiger partial charge is 0.493 e. The minimum Gasteiger partial charge on any atom is -0.493 e. The molecule has 0 aliphatic carbocycles. The minimum absolute atomic E-state index is 0.0651. The molecule has 0 saturated heterocycles. The molecule has 33 heavy (non-hydrogen) atoms. The van der Waals surface area contributed by atoms with Gasteiger partial charge in [-0.3, -0.25) is 4.79 Å². The van der Waals surface area contributed by atoms with Gasteiger partial charge in [0, 0.05) is 6.54 Å². The molecule has 0 fully saturated rings. The molecule has 0 bridgehead atoms. The second kappa shape index (κ2) is 10.3. The first-order chi connectivity index (χ1) is 16.1. The van der Waals surface area contributed by atoms with Crippen LogP contribution in [0.15, 0.2) is 66.7 Å². The molecule has 1 aliphatic heterocycles. The molecule has 3 aromatic carbocycles. The number of benzene rings is 3. The highest BCUT2D eigenvalue weighted by Crippen LogP contribution is 2.39. The highest BCUT2D eigenvalue weighted by molar-refractivity contribution is 5.80. The van der Waals surface area contributed by atoms with Crippen LogP contribution in [0.4, 0.5) is 0 Å². The summed E-state index contributed by atoms with van der Waals surface area (Å²) in [5.74, 6) is 2.68. The average Bonchev–Trinajstić information content (AvgIpc) is 2.86. The number of fused-ring (bicyclic) bond motifs is 1. The Kier molecular flexibility index (Phi) is 7.03. The molecule has 6 heteroatoms. The van der Waals surface area contributed by atoms with Crippen molar-refractivity contribution in [2.45, 2.75) is 18.9 Å². The number of hydrogen-bond donors (Lipinski definition) is 0. The van der Waals surface area contributed by atoms with Gasteiger partial charge in [-0.1, -0.05) is 42.5 Å². The Hall–Kier alpha value is -3.67. The van der Waals surface area contributed by atoms with Gasteiger partial charge < -0.3 is 23.8 Å². The Morgan fingerprint density at radius 3 is 2.18 bits per heavy atom. The number of para-hydroxylation sites is 2. The van der Waals surface area contributed by atoms with Gasteiger partial charge in [0.15, 0.2) is 23.0 Å². The lowest BCUT2D eigenvalue weighted by molar-refractivity contribution is -0.134. The van der Waals surface area contributed by atoms with E-state index in [1.807, 2.05) is 71.6 Å². The monoisotopic (exact) mass is 447 g/mol. The maximum absolute atomic E-state index is 13.4. The van der Waals surface area contributed by atoms with Crippen LogP contribution < -0.4 is 18.9 Å². The Morgan fingerprint density at radius 2 is 1.48 bits per heavy atom. The predicted molar refractivity (Wildman–Crippen MR) is 126 cm³/mol. The van der Waals surface area contributed by atoms with Crippen LogP contribution >= 0.6 is 0 Å². The molecule has 0 N–H and O–H groups in total. The van der Waals surface area contributed by atoms with E-state index in [0.29, 0.717) is 42.6 Å². The summed E-state index contributed by atoms with van der Waals surface area (Å²) in [4.78, 5) is 15.3. The van der Waals surface area contributed by atoms with Crippen molar-refractivity contribution in [2.75, 3.05) is 34.5 Å². The van der Waals surface area contributed by atoms with Gasteiger partial charge in [0.1, 0.15) is 6.61 Å². The van der Waals surface area contributed by atoms with E-state index in [2.05, 4.69) is 0 Å². The molecule has 0 radical (unpaired) electrons. The first-order valence-electron chi connectivity index (χ1n) is 11.0. The third kappa shape index (κ3) is 4.90. The number of nitrogens with zero attached hydrogens (tertiary/aromatic N) is 1. The van der Waals surface area contributed by atoms with Crippen LogP contribution in [-0.2, 0) is 17.6 Å². The summed E-state index contributed by atoms with van der Waals surface area (Å²) < 4.78 is 22.7. The predicted octanol–water partition coefficient (Wildman–Crippen LogP) is 4.46. The number of carbonyl (C=O) groups is 1. The number of methoxy groups -OCH3 is 3. The first kappa shape index (κ1) is 22.5. The van der Waals surface area contributed by atoms with Crippen LogP contribution in [0.25, 0.3) is 0 Å². The van der Waals surface area contributed by atoms with E-state index in [1.54, 1.807) is 21.3 Å². The topological polar surface area (TPSA) is 57.2 Å². The third-order valence-corrected chi connectivity index (χ3v) is 5.99. The van der Waals surface area contributed by atoms with Crippen LogP contribution in [0.5, 0.6) is 23.0 Å². The highest BCUT2D eigenvalue weighted by atomic mass is 16.5. The average molecular weight is 448 g/mol. The number of carbonyl (C=O) groups excluding carboxylic acids is 1. The van der Waals surface area contributed by atoms with Crippen LogP contribution in [0, 0.1) is 0 Å². The van der Waals surface area contributed by atoms with Gasteiger partial charge in [-0.25, -0.2) is 0 Å². The lowest BCUT2D eigenvalue weighted by atomic mass is 9.91. The summed E-state index contributed by atoms with van der Waals surface area (Å²) in [6.07, 6.45) is 1.08. The van der Waals surface area contributed by atoms with Gasteiger partial charge >= 0.3 is 0 Å². The Bertz CT molecular complexity index is 1100. The molecule has 1 amide bonds. The molecular formula is C27H29NO5. The van der Waals surface area contributed by atoms with E-state index in [4.69, 9.17) is 18.9 Å².